The van der Waals surface area contributed by atoms with Crippen molar-refractivity contribution in [1.82, 2.24) is 0 Å². The highest BCUT2D eigenvalue weighted by atomic mass is 19.1. The number of hydrogen-bond donors (Lipinski definition) is 2. The van der Waals surface area contributed by atoms with E-state index in [0.717, 1.165) is 18.2 Å². The van der Waals surface area contributed by atoms with Gasteiger partial charge in [-0.1, -0.05) is 12.1 Å². The zero-order chi connectivity index (χ0) is 14.7. The Labute approximate surface area is 113 Å². The first-order chi connectivity index (χ1) is 9.47. The van der Waals surface area contributed by atoms with E-state index in [9.17, 15) is 14.5 Å². The molecule has 102 valence electrons. The van der Waals surface area contributed by atoms with Gasteiger partial charge in [-0.3, -0.25) is 10.1 Å². The summed E-state index contributed by atoms with van der Waals surface area (Å²) >= 11 is 0. The number of hydrogen-bond acceptors (Lipinski definition) is 5. The van der Waals surface area contributed by atoms with Crippen LogP contribution in [0.1, 0.15) is 0 Å². The minimum atomic E-state index is -1.96. The molecular weight excluding hydrogens is 268 g/mol. The SMILES string of the molecule is O=[N+]([O-])c1cc(Oc2cccc(F)c2)ccc1B(O)O. The molecule has 0 aliphatic carbocycles. The van der Waals surface area contributed by atoms with Gasteiger partial charge in [-0.25, -0.2) is 4.39 Å². The van der Waals surface area contributed by atoms with Gasteiger partial charge in [0.05, 0.1) is 16.5 Å². The minimum Gasteiger partial charge on any atom is -0.457 e. The number of nitro benzene ring substituents is 1. The van der Waals surface area contributed by atoms with E-state index in [1.807, 2.05) is 0 Å². The van der Waals surface area contributed by atoms with Crippen LogP contribution in [0.4, 0.5) is 10.1 Å². The Kier molecular flexibility index (Phi) is 3.97. The van der Waals surface area contributed by atoms with Gasteiger partial charge in [0, 0.05) is 6.07 Å². The van der Waals surface area contributed by atoms with Gasteiger partial charge in [-0.15, -0.1) is 0 Å². The van der Waals surface area contributed by atoms with Crippen molar-refractivity contribution in [2.45, 2.75) is 0 Å². The standard InChI is InChI=1S/C12H9BFNO5/c14-8-2-1-3-9(6-8)20-10-4-5-11(13(16)17)12(7-10)15(18)19/h1-7,16-17H. The third-order valence-electron chi connectivity index (χ3n) is 2.51. The molecule has 2 aromatic carbocycles. The van der Waals surface area contributed by atoms with Crippen molar-refractivity contribution in [1.29, 1.82) is 0 Å². The lowest BCUT2D eigenvalue weighted by Gasteiger charge is -2.07. The van der Waals surface area contributed by atoms with Crippen molar-refractivity contribution >= 4 is 18.3 Å². The molecule has 2 aromatic rings. The second-order valence-corrected chi connectivity index (χ2v) is 3.91. The van der Waals surface area contributed by atoms with Gasteiger partial charge < -0.3 is 14.8 Å². The molecule has 0 aliphatic rings. The third-order valence-corrected chi connectivity index (χ3v) is 2.51. The normalized spacial score (nSPS) is 10.2. The number of nitro groups is 1. The highest BCUT2D eigenvalue weighted by Gasteiger charge is 2.24. The molecule has 0 amide bonds. The Hall–Kier alpha value is -2.45. The average molecular weight is 277 g/mol. The monoisotopic (exact) mass is 277 g/mol. The van der Waals surface area contributed by atoms with Gasteiger partial charge in [0.15, 0.2) is 0 Å². The zero-order valence-electron chi connectivity index (χ0n) is 10.1. The summed E-state index contributed by atoms with van der Waals surface area (Å²) in [5.74, 6) is -0.234. The van der Waals surface area contributed by atoms with Crippen LogP contribution >= 0.6 is 0 Å². The van der Waals surface area contributed by atoms with Gasteiger partial charge in [-0.05, 0) is 18.2 Å². The van der Waals surface area contributed by atoms with Crippen molar-refractivity contribution < 1.29 is 24.1 Å². The molecule has 20 heavy (non-hydrogen) atoms. The lowest BCUT2D eigenvalue weighted by atomic mass is 9.79. The Morgan fingerprint density at radius 1 is 1.15 bits per heavy atom. The largest absolute Gasteiger partial charge is 0.495 e. The molecular formula is C12H9BFNO5. The van der Waals surface area contributed by atoms with E-state index in [2.05, 4.69) is 0 Å². The molecule has 0 saturated heterocycles. The fraction of sp³-hybridized carbons (Fsp3) is 0. The van der Waals surface area contributed by atoms with Gasteiger partial charge in [-0.2, -0.15) is 0 Å². The number of nitrogens with zero attached hydrogens (tertiary/aromatic N) is 1. The Bertz CT molecular complexity index is 649. The van der Waals surface area contributed by atoms with Crippen LogP contribution in [0.3, 0.4) is 0 Å². The second-order valence-electron chi connectivity index (χ2n) is 3.91. The molecule has 0 unspecified atom stereocenters. The quantitative estimate of drug-likeness (QED) is 0.497. The summed E-state index contributed by atoms with van der Waals surface area (Å²) in [5.41, 5.74) is -0.740. The number of benzene rings is 2. The first-order valence-electron chi connectivity index (χ1n) is 5.55. The summed E-state index contributed by atoms with van der Waals surface area (Å²) in [6.07, 6.45) is 0. The van der Waals surface area contributed by atoms with Gasteiger partial charge in [0.2, 0.25) is 0 Å². The van der Waals surface area contributed by atoms with Crippen LogP contribution in [0.25, 0.3) is 0 Å². The molecule has 0 saturated carbocycles. The van der Waals surface area contributed by atoms with Gasteiger partial charge in [0.1, 0.15) is 17.3 Å². The summed E-state index contributed by atoms with van der Waals surface area (Å²) in [7, 11) is -1.96. The maximum atomic E-state index is 13.0. The zero-order valence-corrected chi connectivity index (χ0v) is 10.1. The van der Waals surface area contributed by atoms with Crippen LogP contribution in [-0.4, -0.2) is 22.1 Å². The highest BCUT2D eigenvalue weighted by Crippen LogP contribution is 2.24. The van der Waals surface area contributed by atoms with Crippen LogP contribution in [0.2, 0.25) is 0 Å². The first-order valence-corrected chi connectivity index (χ1v) is 5.55. The molecule has 2 rings (SSSR count). The topological polar surface area (TPSA) is 92.8 Å². The van der Waals surface area contributed by atoms with E-state index < -0.39 is 23.5 Å². The molecule has 6 nitrogen and oxygen atoms in total. The lowest BCUT2D eigenvalue weighted by molar-refractivity contribution is -0.383. The molecule has 0 radical (unpaired) electrons. The molecule has 2 N–H and O–H groups in total. The summed E-state index contributed by atoms with van der Waals surface area (Å²) in [6, 6.07) is 8.82. The minimum absolute atomic E-state index is 0.0895. The predicted octanol–water partition coefficient (Wildman–Crippen LogP) is 1.21. The van der Waals surface area contributed by atoms with E-state index in [0.29, 0.717) is 0 Å². The fourth-order valence-electron chi connectivity index (χ4n) is 1.63. The molecule has 0 spiro atoms. The van der Waals surface area contributed by atoms with Crippen LogP contribution in [0.15, 0.2) is 42.5 Å². The third kappa shape index (κ3) is 3.11. The smallest absolute Gasteiger partial charge is 0.457 e. The lowest BCUT2D eigenvalue weighted by Crippen LogP contribution is -2.31. The van der Waals surface area contributed by atoms with Crippen molar-refractivity contribution in [2.75, 3.05) is 0 Å². The van der Waals surface area contributed by atoms with Crippen molar-refractivity contribution in [3.8, 4) is 11.5 Å². The number of halogens is 1. The van der Waals surface area contributed by atoms with E-state index in [-0.39, 0.29) is 17.0 Å². The highest BCUT2D eigenvalue weighted by molar-refractivity contribution is 6.60. The maximum absolute atomic E-state index is 13.0. The molecule has 0 aliphatic heterocycles. The Morgan fingerprint density at radius 2 is 1.85 bits per heavy atom. The summed E-state index contributed by atoms with van der Waals surface area (Å²) in [6.45, 7) is 0. The molecule has 0 aromatic heterocycles. The number of ether oxygens (including phenoxy) is 1. The second kappa shape index (κ2) is 5.68. The average Bonchev–Trinajstić information content (AvgIpc) is 2.38. The molecule has 0 heterocycles. The first kappa shape index (κ1) is 14.0. The van der Waals surface area contributed by atoms with Crippen LogP contribution in [0.5, 0.6) is 11.5 Å². The van der Waals surface area contributed by atoms with E-state index in [1.165, 1.54) is 24.3 Å². The molecule has 0 fully saturated rings. The molecule has 0 atom stereocenters. The predicted molar refractivity (Wildman–Crippen MR) is 69.4 cm³/mol. The number of rotatable bonds is 4. The molecule has 8 heteroatoms. The summed E-state index contributed by atoms with van der Waals surface area (Å²) < 4.78 is 18.3. The van der Waals surface area contributed by atoms with Crippen molar-refractivity contribution in [3.63, 3.8) is 0 Å². The van der Waals surface area contributed by atoms with Crippen LogP contribution < -0.4 is 10.2 Å². The van der Waals surface area contributed by atoms with Crippen molar-refractivity contribution in [3.05, 3.63) is 58.4 Å². The summed E-state index contributed by atoms with van der Waals surface area (Å²) in [4.78, 5) is 10.1. The van der Waals surface area contributed by atoms with Gasteiger partial charge >= 0.3 is 7.12 Å². The van der Waals surface area contributed by atoms with Gasteiger partial charge in [0.25, 0.3) is 5.69 Å². The van der Waals surface area contributed by atoms with E-state index in [4.69, 9.17) is 14.8 Å². The van der Waals surface area contributed by atoms with E-state index >= 15 is 0 Å². The van der Waals surface area contributed by atoms with Crippen LogP contribution in [-0.2, 0) is 0 Å². The maximum Gasteiger partial charge on any atom is 0.495 e. The van der Waals surface area contributed by atoms with Crippen LogP contribution in [0, 0.1) is 15.9 Å². The fourth-order valence-corrected chi connectivity index (χ4v) is 1.63. The van der Waals surface area contributed by atoms with E-state index in [1.54, 1.807) is 0 Å². The Balaban J connectivity index is 2.34. The molecule has 0 bridgehead atoms. The summed E-state index contributed by atoms with van der Waals surface area (Å²) in [5, 5.41) is 28.9. The van der Waals surface area contributed by atoms with Crippen molar-refractivity contribution in [2.24, 2.45) is 0 Å². The Morgan fingerprint density at radius 3 is 2.45 bits per heavy atom.